The van der Waals surface area contributed by atoms with Crippen molar-refractivity contribution in [1.82, 2.24) is 0 Å². The molecule has 0 radical (unpaired) electrons. The number of rotatable bonds is 9. The van der Waals surface area contributed by atoms with Gasteiger partial charge in [-0.05, 0) is 13.0 Å². The lowest BCUT2D eigenvalue weighted by Gasteiger charge is -2.29. The zero-order valence-electron chi connectivity index (χ0n) is 10.4. The van der Waals surface area contributed by atoms with Crippen LogP contribution in [0.25, 0.3) is 0 Å². The predicted octanol–water partition coefficient (Wildman–Crippen LogP) is 4.01. The topological polar surface area (TPSA) is 26.0 Å². The van der Waals surface area contributed by atoms with E-state index < -0.39 is 8.07 Å². The maximum absolute atomic E-state index is 5.62. The van der Waals surface area contributed by atoms with E-state index in [2.05, 4.69) is 20.8 Å². The summed E-state index contributed by atoms with van der Waals surface area (Å²) in [6.07, 6.45) is 5.52. The van der Waals surface area contributed by atoms with Gasteiger partial charge >= 0.3 is 0 Å². The highest BCUT2D eigenvalue weighted by molar-refractivity contribution is 6.79. The fraction of sp³-hybridized carbons (Fsp3) is 1.00. The van der Waals surface area contributed by atoms with Crippen molar-refractivity contribution in [1.29, 1.82) is 0 Å². The van der Waals surface area contributed by atoms with E-state index in [-0.39, 0.29) is 0 Å². The first kappa shape index (κ1) is 14.2. The van der Waals surface area contributed by atoms with Crippen LogP contribution in [0.5, 0.6) is 0 Å². The van der Waals surface area contributed by atoms with Crippen LogP contribution < -0.4 is 5.73 Å². The lowest BCUT2D eigenvalue weighted by molar-refractivity contribution is 0.751. The predicted molar refractivity (Wildman–Crippen MR) is 69.5 cm³/mol. The Morgan fingerprint density at radius 1 is 0.857 bits per heavy atom. The quantitative estimate of drug-likeness (QED) is 0.456. The molecule has 0 aromatic heterocycles. The highest BCUT2D eigenvalue weighted by Gasteiger charge is 2.26. The Kier molecular flexibility index (Phi) is 8.59. The van der Waals surface area contributed by atoms with Gasteiger partial charge in [-0.25, -0.2) is 0 Å². The minimum atomic E-state index is -0.882. The molecule has 0 heterocycles. The summed E-state index contributed by atoms with van der Waals surface area (Å²) in [5, 5.41) is 0. The number of nitrogens with two attached hydrogens (primary N) is 1. The summed E-state index contributed by atoms with van der Waals surface area (Å²) in [5.74, 6) is 0. The Labute approximate surface area is 91.5 Å². The molecule has 0 aromatic carbocycles. The van der Waals surface area contributed by atoms with Crippen LogP contribution in [0.2, 0.25) is 24.2 Å². The highest BCUT2D eigenvalue weighted by Crippen LogP contribution is 2.28. The smallest absolute Gasteiger partial charge is 0.0530 e. The molecule has 2 heteroatoms. The maximum atomic E-state index is 5.62. The van der Waals surface area contributed by atoms with Crippen LogP contribution in [0.3, 0.4) is 0 Å². The van der Waals surface area contributed by atoms with Crippen LogP contribution >= 0.6 is 0 Å². The normalized spacial score (nSPS) is 12.0. The van der Waals surface area contributed by atoms with Gasteiger partial charge in [-0.1, -0.05) is 64.2 Å². The van der Waals surface area contributed by atoms with Crippen LogP contribution in [0.4, 0.5) is 0 Å². The minimum absolute atomic E-state index is 0.882. The van der Waals surface area contributed by atoms with Crippen molar-refractivity contribution >= 4 is 8.07 Å². The highest BCUT2D eigenvalue weighted by atomic mass is 28.3. The molecule has 0 amide bonds. The lowest BCUT2D eigenvalue weighted by atomic mass is 10.3. The Morgan fingerprint density at radius 2 is 1.43 bits per heavy atom. The minimum Gasteiger partial charge on any atom is -0.330 e. The third-order valence-electron chi connectivity index (χ3n) is 3.72. The number of hydrogen-bond acceptors (Lipinski definition) is 1. The van der Waals surface area contributed by atoms with Crippen molar-refractivity contribution in [3.05, 3.63) is 0 Å². The first-order valence-corrected chi connectivity index (χ1v) is 9.27. The molecule has 1 nitrogen and oxygen atoms in total. The van der Waals surface area contributed by atoms with Crippen molar-refractivity contribution in [2.24, 2.45) is 5.73 Å². The SMILES string of the molecule is CCCCC[Si](CC)(CC)CCCN. The molecular formula is C12H29NSi. The van der Waals surface area contributed by atoms with Gasteiger partial charge in [0.15, 0.2) is 0 Å². The molecule has 0 aliphatic heterocycles. The zero-order valence-corrected chi connectivity index (χ0v) is 11.4. The van der Waals surface area contributed by atoms with E-state index in [1.54, 1.807) is 6.04 Å². The second-order valence-corrected chi connectivity index (χ2v) is 9.97. The van der Waals surface area contributed by atoms with Crippen molar-refractivity contribution < 1.29 is 0 Å². The molecule has 0 bridgehead atoms. The number of hydrogen-bond donors (Lipinski definition) is 1. The van der Waals surface area contributed by atoms with Crippen LogP contribution in [0.15, 0.2) is 0 Å². The molecule has 0 aromatic rings. The molecule has 14 heavy (non-hydrogen) atoms. The van der Waals surface area contributed by atoms with Gasteiger partial charge in [0.25, 0.3) is 0 Å². The van der Waals surface area contributed by atoms with Crippen LogP contribution in [-0.4, -0.2) is 14.6 Å². The van der Waals surface area contributed by atoms with E-state index in [4.69, 9.17) is 5.73 Å². The second kappa shape index (κ2) is 8.48. The lowest BCUT2D eigenvalue weighted by Crippen LogP contribution is -2.32. The third-order valence-corrected chi connectivity index (χ3v) is 9.55. The van der Waals surface area contributed by atoms with Gasteiger partial charge in [0, 0.05) is 0 Å². The zero-order chi connectivity index (χ0) is 10.9. The molecular weight excluding hydrogens is 186 g/mol. The standard InChI is InChI=1S/C12H29NSi/c1-4-7-8-11-14(5-2,6-3)12-9-10-13/h4-13H2,1-3H3. The summed E-state index contributed by atoms with van der Waals surface area (Å²) < 4.78 is 0. The van der Waals surface area contributed by atoms with Gasteiger partial charge in [-0.3, -0.25) is 0 Å². The summed E-state index contributed by atoms with van der Waals surface area (Å²) in [6, 6.07) is 5.95. The van der Waals surface area contributed by atoms with Crippen LogP contribution in [-0.2, 0) is 0 Å². The van der Waals surface area contributed by atoms with E-state index >= 15 is 0 Å². The summed E-state index contributed by atoms with van der Waals surface area (Å²) in [4.78, 5) is 0. The molecule has 0 unspecified atom stereocenters. The first-order chi connectivity index (χ1) is 6.74. The largest absolute Gasteiger partial charge is 0.330 e. The summed E-state index contributed by atoms with van der Waals surface area (Å²) in [6.45, 7) is 7.99. The molecule has 86 valence electrons. The summed E-state index contributed by atoms with van der Waals surface area (Å²) in [7, 11) is -0.882. The van der Waals surface area contributed by atoms with Gasteiger partial charge in [0.1, 0.15) is 0 Å². The van der Waals surface area contributed by atoms with Gasteiger partial charge in [-0.15, -0.1) is 0 Å². The van der Waals surface area contributed by atoms with E-state index in [1.807, 2.05) is 0 Å². The molecule has 0 aliphatic carbocycles. The molecule has 0 saturated heterocycles. The monoisotopic (exact) mass is 215 g/mol. The van der Waals surface area contributed by atoms with Gasteiger partial charge in [0.2, 0.25) is 0 Å². The van der Waals surface area contributed by atoms with Crippen LogP contribution in [0.1, 0.15) is 46.5 Å². The Morgan fingerprint density at radius 3 is 1.86 bits per heavy atom. The van der Waals surface area contributed by atoms with Crippen molar-refractivity contribution in [2.75, 3.05) is 6.54 Å². The van der Waals surface area contributed by atoms with Gasteiger partial charge < -0.3 is 5.73 Å². The van der Waals surface area contributed by atoms with E-state index in [9.17, 15) is 0 Å². The fourth-order valence-corrected chi connectivity index (χ4v) is 6.43. The fourth-order valence-electron chi connectivity index (χ4n) is 2.31. The molecule has 0 fully saturated rings. The molecule has 0 spiro atoms. The Hall–Kier alpha value is 0.177. The van der Waals surface area contributed by atoms with E-state index in [0.29, 0.717) is 0 Å². The maximum Gasteiger partial charge on any atom is 0.0530 e. The van der Waals surface area contributed by atoms with E-state index in [1.165, 1.54) is 43.8 Å². The summed E-state index contributed by atoms with van der Waals surface area (Å²) >= 11 is 0. The van der Waals surface area contributed by atoms with E-state index in [0.717, 1.165) is 6.54 Å². The van der Waals surface area contributed by atoms with Crippen molar-refractivity contribution in [3.8, 4) is 0 Å². The molecule has 2 N–H and O–H groups in total. The second-order valence-electron chi connectivity index (χ2n) is 4.56. The first-order valence-electron chi connectivity index (χ1n) is 6.44. The van der Waals surface area contributed by atoms with Gasteiger partial charge in [0.05, 0.1) is 8.07 Å². The average molecular weight is 215 g/mol. The third kappa shape index (κ3) is 5.16. The van der Waals surface area contributed by atoms with Crippen molar-refractivity contribution in [3.63, 3.8) is 0 Å². The average Bonchev–Trinajstić information content (AvgIpc) is 2.24. The van der Waals surface area contributed by atoms with Crippen molar-refractivity contribution in [2.45, 2.75) is 70.6 Å². The Balaban J connectivity index is 3.94. The number of unbranched alkanes of at least 4 members (excludes halogenated alkanes) is 2. The van der Waals surface area contributed by atoms with Crippen LogP contribution in [0, 0.1) is 0 Å². The molecule has 0 saturated carbocycles. The van der Waals surface area contributed by atoms with Gasteiger partial charge in [-0.2, -0.15) is 0 Å². The Bertz CT molecular complexity index is 121. The molecule has 0 aliphatic rings. The summed E-state index contributed by atoms with van der Waals surface area (Å²) in [5.41, 5.74) is 5.62. The molecule has 0 rings (SSSR count). The molecule has 0 atom stereocenters.